The highest BCUT2D eigenvalue weighted by Crippen LogP contribution is 2.26. The second kappa shape index (κ2) is 11.8. The molecule has 9 heteroatoms. The molecule has 0 aromatic heterocycles. The number of thioether (sulfide) groups is 1. The maximum absolute atomic E-state index is 12.6. The minimum absolute atomic E-state index is 0.122. The Bertz CT molecular complexity index is 719. The van der Waals surface area contributed by atoms with Gasteiger partial charge in [0.15, 0.2) is 0 Å². The lowest BCUT2D eigenvalue weighted by atomic mass is 10.2. The minimum atomic E-state index is -2.46. The van der Waals surface area contributed by atoms with Crippen LogP contribution in [0.1, 0.15) is 32.6 Å². The van der Waals surface area contributed by atoms with Crippen molar-refractivity contribution in [3.8, 4) is 0 Å². The number of nitrogens with zero attached hydrogens (tertiary/aromatic N) is 3. The van der Waals surface area contributed by atoms with Crippen molar-refractivity contribution in [1.29, 1.82) is 0 Å². The first-order valence-electron chi connectivity index (χ1n) is 11.0. The molecule has 2 saturated heterocycles. The van der Waals surface area contributed by atoms with E-state index >= 15 is 0 Å². The van der Waals surface area contributed by atoms with E-state index in [4.69, 9.17) is 0 Å². The van der Waals surface area contributed by atoms with Crippen molar-refractivity contribution < 1.29 is 18.4 Å². The molecular weight excluding hydrogens is 422 g/mol. The van der Waals surface area contributed by atoms with Gasteiger partial charge in [-0.25, -0.2) is 0 Å². The van der Waals surface area contributed by atoms with E-state index in [9.17, 15) is 18.4 Å². The fraction of sp³-hybridized carbons (Fsp3) is 0.636. The Labute approximate surface area is 187 Å². The number of hydrogen-bond acceptors (Lipinski definition) is 5. The smallest absolute Gasteiger partial charge is 0.288 e. The molecule has 2 fully saturated rings. The third-order valence-electron chi connectivity index (χ3n) is 6.00. The molecule has 6 nitrogen and oxygen atoms in total. The van der Waals surface area contributed by atoms with Crippen LogP contribution in [0.5, 0.6) is 0 Å². The molecular formula is C22H32F2N4O2S. The molecule has 1 N–H and O–H groups in total. The van der Waals surface area contributed by atoms with Gasteiger partial charge in [-0.3, -0.25) is 19.4 Å². The van der Waals surface area contributed by atoms with E-state index in [0.717, 1.165) is 52.1 Å². The molecule has 172 valence electrons. The van der Waals surface area contributed by atoms with Gasteiger partial charge in [0.05, 0.1) is 12.6 Å². The standard InChI is InChI=1S/C22H32F2N4O2S/c1-17(21(30)25-18-6-8-19(9-7-18)31-22(23)24)27-14-12-26(13-15-27)16-20(29)28-10-4-2-3-5-11-28/h6-9,17,22H,2-5,10-16H2,1H3,(H,25,30)/t17-/m0/s1. The average Bonchev–Trinajstić information content (AvgIpc) is 3.04. The number of carbonyl (C=O) groups is 2. The number of carbonyl (C=O) groups excluding carboxylic acids is 2. The van der Waals surface area contributed by atoms with Crippen molar-refractivity contribution >= 4 is 29.3 Å². The van der Waals surface area contributed by atoms with Crippen molar-refractivity contribution in [3.05, 3.63) is 24.3 Å². The van der Waals surface area contributed by atoms with Crippen LogP contribution in [0.3, 0.4) is 0 Å². The summed E-state index contributed by atoms with van der Waals surface area (Å²) in [6, 6.07) is 6.14. The van der Waals surface area contributed by atoms with Crippen molar-refractivity contribution in [1.82, 2.24) is 14.7 Å². The van der Waals surface area contributed by atoms with Crippen LogP contribution >= 0.6 is 11.8 Å². The summed E-state index contributed by atoms with van der Waals surface area (Å²) in [7, 11) is 0. The number of anilines is 1. The van der Waals surface area contributed by atoms with Gasteiger partial charge in [-0.05, 0) is 44.0 Å². The Morgan fingerprint density at radius 2 is 1.58 bits per heavy atom. The molecule has 2 aliphatic heterocycles. The molecule has 1 aromatic rings. The van der Waals surface area contributed by atoms with Gasteiger partial charge < -0.3 is 10.2 Å². The van der Waals surface area contributed by atoms with Gasteiger partial charge in [-0.2, -0.15) is 8.78 Å². The zero-order chi connectivity index (χ0) is 22.2. The van der Waals surface area contributed by atoms with Crippen molar-refractivity contribution in [2.24, 2.45) is 0 Å². The van der Waals surface area contributed by atoms with Crippen LogP contribution in [0.15, 0.2) is 29.2 Å². The monoisotopic (exact) mass is 454 g/mol. The van der Waals surface area contributed by atoms with Crippen LogP contribution in [0.4, 0.5) is 14.5 Å². The Morgan fingerprint density at radius 1 is 0.968 bits per heavy atom. The van der Waals surface area contributed by atoms with Gasteiger partial charge in [-0.1, -0.05) is 24.6 Å². The highest BCUT2D eigenvalue weighted by atomic mass is 32.2. The molecule has 0 saturated carbocycles. The number of amides is 2. The molecule has 2 heterocycles. The van der Waals surface area contributed by atoms with Gasteiger partial charge >= 0.3 is 0 Å². The molecule has 1 aromatic carbocycles. The lowest BCUT2D eigenvalue weighted by molar-refractivity contribution is -0.133. The van der Waals surface area contributed by atoms with Crippen LogP contribution in [-0.4, -0.2) is 84.1 Å². The SMILES string of the molecule is C[C@@H](C(=O)Nc1ccc(SC(F)F)cc1)N1CCN(CC(=O)N2CCCCCC2)CC1. The minimum Gasteiger partial charge on any atom is -0.342 e. The van der Waals surface area contributed by atoms with Crippen LogP contribution in [-0.2, 0) is 9.59 Å². The van der Waals surface area contributed by atoms with Crippen molar-refractivity contribution in [2.45, 2.75) is 49.3 Å². The first kappa shape index (κ1) is 23.9. The summed E-state index contributed by atoms with van der Waals surface area (Å²) < 4.78 is 24.8. The van der Waals surface area contributed by atoms with E-state index in [0.29, 0.717) is 28.9 Å². The summed E-state index contributed by atoms with van der Waals surface area (Å²) in [6.07, 6.45) is 4.61. The van der Waals surface area contributed by atoms with Gasteiger partial charge in [0, 0.05) is 49.9 Å². The fourth-order valence-electron chi connectivity index (χ4n) is 4.05. The molecule has 0 radical (unpaired) electrons. The largest absolute Gasteiger partial charge is 0.342 e. The maximum atomic E-state index is 12.6. The second-order valence-corrected chi connectivity index (χ2v) is 9.24. The van der Waals surface area contributed by atoms with E-state index in [2.05, 4.69) is 15.1 Å². The zero-order valence-electron chi connectivity index (χ0n) is 18.1. The topological polar surface area (TPSA) is 55.9 Å². The lowest BCUT2D eigenvalue weighted by Gasteiger charge is -2.37. The lowest BCUT2D eigenvalue weighted by Crippen LogP contribution is -2.54. The van der Waals surface area contributed by atoms with Crippen LogP contribution in [0, 0.1) is 0 Å². The van der Waals surface area contributed by atoms with Crippen LogP contribution in [0.2, 0.25) is 0 Å². The molecule has 1 atom stereocenters. The normalized spacial score (nSPS) is 19.8. The van der Waals surface area contributed by atoms with E-state index in [1.54, 1.807) is 24.3 Å². The molecule has 31 heavy (non-hydrogen) atoms. The van der Waals surface area contributed by atoms with Crippen LogP contribution in [0.25, 0.3) is 0 Å². The van der Waals surface area contributed by atoms with Crippen molar-refractivity contribution in [3.63, 3.8) is 0 Å². The second-order valence-electron chi connectivity index (χ2n) is 8.18. The maximum Gasteiger partial charge on any atom is 0.288 e. The van der Waals surface area contributed by atoms with Crippen LogP contribution < -0.4 is 5.32 Å². The molecule has 0 unspecified atom stereocenters. The number of hydrogen-bond donors (Lipinski definition) is 1. The first-order valence-corrected chi connectivity index (χ1v) is 11.9. The summed E-state index contributed by atoms with van der Waals surface area (Å²) in [5, 5.41) is 2.86. The number of rotatable bonds is 7. The third kappa shape index (κ3) is 7.43. The molecule has 3 rings (SSSR count). The predicted molar refractivity (Wildman–Crippen MR) is 119 cm³/mol. The summed E-state index contributed by atoms with van der Waals surface area (Å²) >= 11 is 0.483. The first-order chi connectivity index (χ1) is 14.9. The van der Waals surface area contributed by atoms with E-state index in [-0.39, 0.29) is 17.9 Å². The zero-order valence-corrected chi connectivity index (χ0v) is 18.9. The predicted octanol–water partition coefficient (Wildman–Crippen LogP) is 3.35. The summed E-state index contributed by atoms with van der Waals surface area (Å²) in [5.41, 5.74) is 0.595. The fourth-order valence-corrected chi connectivity index (χ4v) is 4.55. The summed E-state index contributed by atoms with van der Waals surface area (Å²) in [5.74, 6) is -2.36. The van der Waals surface area contributed by atoms with E-state index in [1.807, 2.05) is 11.8 Å². The number of benzene rings is 1. The number of nitrogens with one attached hydrogen (secondary N) is 1. The Kier molecular flexibility index (Phi) is 9.10. The van der Waals surface area contributed by atoms with Crippen molar-refractivity contribution in [2.75, 3.05) is 51.1 Å². The highest BCUT2D eigenvalue weighted by Gasteiger charge is 2.27. The van der Waals surface area contributed by atoms with Gasteiger partial charge in [-0.15, -0.1) is 0 Å². The van der Waals surface area contributed by atoms with E-state index < -0.39 is 5.76 Å². The molecule has 0 spiro atoms. The third-order valence-corrected chi connectivity index (χ3v) is 6.72. The van der Waals surface area contributed by atoms with Gasteiger partial charge in [0.1, 0.15) is 0 Å². The summed E-state index contributed by atoms with van der Waals surface area (Å²) in [6.45, 7) is 7.05. The molecule has 0 bridgehead atoms. The average molecular weight is 455 g/mol. The number of alkyl halides is 2. The Hall–Kier alpha value is -1.71. The highest BCUT2D eigenvalue weighted by molar-refractivity contribution is 7.99. The quantitative estimate of drug-likeness (QED) is 0.641. The Balaban J connectivity index is 1.42. The number of piperazine rings is 1. The van der Waals surface area contributed by atoms with Gasteiger partial charge in [0.25, 0.3) is 5.76 Å². The number of likely N-dealkylation sites (tertiary alicyclic amines) is 1. The molecule has 2 amide bonds. The summed E-state index contributed by atoms with van der Waals surface area (Å²) in [4.78, 5) is 32.0. The molecule has 2 aliphatic rings. The van der Waals surface area contributed by atoms with Gasteiger partial charge in [0.2, 0.25) is 11.8 Å². The number of halogens is 2. The Morgan fingerprint density at radius 3 is 2.16 bits per heavy atom. The molecule has 0 aliphatic carbocycles. The van der Waals surface area contributed by atoms with E-state index in [1.165, 1.54) is 12.8 Å².